The lowest BCUT2D eigenvalue weighted by molar-refractivity contribution is -0.156. The van der Waals surface area contributed by atoms with Gasteiger partial charge >= 0.3 is 6.18 Å². The van der Waals surface area contributed by atoms with Gasteiger partial charge in [-0.2, -0.15) is 13.2 Å². The Morgan fingerprint density at radius 2 is 1.67 bits per heavy atom. The fourth-order valence-electron chi connectivity index (χ4n) is 4.08. The Morgan fingerprint density at radius 1 is 1.00 bits per heavy atom. The molecule has 0 saturated heterocycles. The number of hydrogen-bond acceptors (Lipinski definition) is 4. The predicted molar refractivity (Wildman–Crippen MR) is 114 cm³/mol. The summed E-state index contributed by atoms with van der Waals surface area (Å²) in [5.41, 5.74) is -2.01. The van der Waals surface area contributed by atoms with Crippen molar-refractivity contribution in [1.29, 1.82) is 0 Å². The summed E-state index contributed by atoms with van der Waals surface area (Å²) in [5, 5.41) is 4.63. The lowest BCUT2D eigenvalue weighted by Crippen LogP contribution is -2.42. The standard InChI is InChI=1S/C23H25F3N4O3/c24-23(25,26)20(18-8-4-5-11-27-18)29-22(33)17-13-30(15-6-2-1-3-7-15)12-16(19(17)31)21(32)28-14-9-10-14/h4-5,8,11-15,20H,1-3,6-7,9-10H2,(H,28,32)(H,29,33). The van der Waals surface area contributed by atoms with Crippen molar-refractivity contribution >= 4 is 11.8 Å². The summed E-state index contributed by atoms with van der Waals surface area (Å²) in [6.07, 6.45) is 5.25. The third kappa shape index (κ3) is 5.43. The molecule has 0 bridgehead atoms. The van der Waals surface area contributed by atoms with E-state index in [2.05, 4.69) is 10.3 Å². The SMILES string of the molecule is O=C(NC1CC1)c1cn(C2CCCCC2)cc(C(=O)NC(c2ccccn2)C(F)(F)F)c1=O. The zero-order valence-corrected chi connectivity index (χ0v) is 17.9. The van der Waals surface area contributed by atoms with Gasteiger partial charge in [-0.05, 0) is 37.8 Å². The van der Waals surface area contributed by atoms with Gasteiger partial charge in [0.1, 0.15) is 11.1 Å². The first-order valence-corrected chi connectivity index (χ1v) is 11.1. The number of carbonyl (C=O) groups excluding carboxylic acids is 2. The zero-order chi connectivity index (χ0) is 23.6. The Morgan fingerprint density at radius 3 is 2.24 bits per heavy atom. The maximum atomic E-state index is 13.7. The second-order valence-corrected chi connectivity index (χ2v) is 8.60. The Labute approximate surface area is 188 Å². The van der Waals surface area contributed by atoms with Gasteiger partial charge in [0.2, 0.25) is 5.43 Å². The summed E-state index contributed by atoms with van der Waals surface area (Å²) in [6.45, 7) is 0. The van der Waals surface area contributed by atoms with E-state index in [-0.39, 0.29) is 17.6 Å². The number of hydrogen-bond donors (Lipinski definition) is 2. The number of nitrogens with zero attached hydrogens (tertiary/aromatic N) is 2. The van der Waals surface area contributed by atoms with E-state index in [1.54, 1.807) is 4.57 Å². The zero-order valence-electron chi connectivity index (χ0n) is 17.9. The molecule has 4 rings (SSSR count). The molecule has 0 spiro atoms. The fourth-order valence-corrected chi connectivity index (χ4v) is 4.08. The van der Waals surface area contributed by atoms with Crippen molar-refractivity contribution in [1.82, 2.24) is 20.2 Å². The molecule has 33 heavy (non-hydrogen) atoms. The number of pyridine rings is 2. The van der Waals surface area contributed by atoms with Crippen LogP contribution in [0, 0.1) is 0 Å². The predicted octanol–water partition coefficient (Wildman–Crippen LogP) is 3.67. The van der Waals surface area contributed by atoms with E-state index in [4.69, 9.17) is 0 Å². The molecule has 2 N–H and O–H groups in total. The van der Waals surface area contributed by atoms with Crippen LogP contribution in [0.25, 0.3) is 0 Å². The first kappa shape index (κ1) is 23.0. The van der Waals surface area contributed by atoms with Crippen LogP contribution in [-0.4, -0.2) is 33.6 Å². The van der Waals surface area contributed by atoms with Gasteiger partial charge in [-0.25, -0.2) is 0 Å². The smallest absolute Gasteiger partial charge is 0.349 e. The number of aromatic nitrogens is 2. The van der Waals surface area contributed by atoms with Crippen LogP contribution in [0.5, 0.6) is 0 Å². The lowest BCUT2D eigenvalue weighted by Gasteiger charge is -2.26. The van der Waals surface area contributed by atoms with Gasteiger partial charge in [0.25, 0.3) is 11.8 Å². The van der Waals surface area contributed by atoms with Crippen LogP contribution < -0.4 is 16.1 Å². The highest BCUT2D eigenvalue weighted by atomic mass is 19.4. The van der Waals surface area contributed by atoms with Crippen LogP contribution in [0.4, 0.5) is 13.2 Å². The molecule has 2 fully saturated rings. The van der Waals surface area contributed by atoms with E-state index in [0.717, 1.165) is 51.0 Å². The molecule has 2 aromatic rings. The normalized spacial score (nSPS) is 17.9. The van der Waals surface area contributed by atoms with Crippen LogP contribution in [0.15, 0.2) is 41.6 Å². The Kier molecular flexibility index (Phi) is 6.53. The van der Waals surface area contributed by atoms with Gasteiger partial charge in [-0.15, -0.1) is 0 Å². The highest BCUT2D eigenvalue weighted by molar-refractivity contribution is 5.99. The molecule has 2 heterocycles. The summed E-state index contributed by atoms with van der Waals surface area (Å²) in [7, 11) is 0. The third-order valence-corrected chi connectivity index (χ3v) is 6.03. The average molecular weight is 462 g/mol. The molecule has 176 valence electrons. The van der Waals surface area contributed by atoms with Gasteiger partial charge in [0.15, 0.2) is 6.04 Å². The summed E-state index contributed by atoms with van der Waals surface area (Å²) in [4.78, 5) is 42.4. The third-order valence-electron chi connectivity index (χ3n) is 6.03. The molecule has 0 aromatic carbocycles. The molecule has 1 atom stereocenters. The topological polar surface area (TPSA) is 93.1 Å². The molecular weight excluding hydrogens is 437 g/mol. The van der Waals surface area contributed by atoms with Crippen molar-refractivity contribution in [2.75, 3.05) is 0 Å². The lowest BCUT2D eigenvalue weighted by atomic mass is 9.95. The molecule has 2 saturated carbocycles. The number of rotatable bonds is 6. The molecular formula is C23H25F3N4O3. The van der Waals surface area contributed by atoms with E-state index in [9.17, 15) is 27.6 Å². The molecule has 10 heteroatoms. The number of alkyl halides is 3. The molecule has 2 amide bonds. The fraction of sp³-hybridized carbons (Fsp3) is 0.478. The maximum Gasteiger partial charge on any atom is 0.414 e. The molecule has 2 aromatic heterocycles. The molecule has 1 unspecified atom stereocenters. The minimum absolute atomic E-state index is 0.0173. The average Bonchev–Trinajstić information content (AvgIpc) is 3.61. The minimum Gasteiger partial charge on any atom is -0.349 e. The molecule has 0 aliphatic heterocycles. The van der Waals surface area contributed by atoms with E-state index < -0.39 is 40.7 Å². The number of nitrogens with one attached hydrogen (secondary N) is 2. The van der Waals surface area contributed by atoms with Crippen molar-refractivity contribution in [2.24, 2.45) is 0 Å². The summed E-state index contributed by atoms with van der Waals surface area (Å²) >= 11 is 0. The largest absolute Gasteiger partial charge is 0.414 e. The van der Waals surface area contributed by atoms with Gasteiger partial charge < -0.3 is 15.2 Å². The summed E-state index contributed by atoms with van der Waals surface area (Å²) in [6, 6.07) is 1.55. The molecule has 7 nitrogen and oxygen atoms in total. The molecule has 2 aliphatic rings. The monoisotopic (exact) mass is 462 g/mol. The van der Waals surface area contributed by atoms with Crippen molar-refractivity contribution in [3.05, 3.63) is 63.8 Å². The van der Waals surface area contributed by atoms with Gasteiger partial charge in [-0.3, -0.25) is 19.4 Å². The van der Waals surface area contributed by atoms with Crippen molar-refractivity contribution in [2.45, 2.75) is 69.2 Å². The van der Waals surface area contributed by atoms with E-state index >= 15 is 0 Å². The van der Waals surface area contributed by atoms with Crippen LogP contribution in [0.1, 0.15) is 83.4 Å². The highest BCUT2D eigenvalue weighted by Gasteiger charge is 2.43. The van der Waals surface area contributed by atoms with Crippen LogP contribution in [-0.2, 0) is 0 Å². The van der Waals surface area contributed by atoms with E-state index in [1.165, 1.54) is 30.7 Å². The number of halogens is 3. The summed E-state index contributed by atoms with van der Waals surface area (Å²) < 4.78 is 42.8. The first-order chi connectivity index (χ1) is 15.7. The Bertz CT molecular complexity index is 1070. The molecule has 0 radical (unpaired) electrons. The maximum absolute atomic E-state index is 13.7. The second kappa shape index (κ2) is 9.36. The molecule has 2 aliphatic carbocycles. The van der Waals surface area contributed by atoms with Crippen molar-refractivity contribution in [3.63, 3.8) is 0 Å². The van der Waals surface area contributed by atoms with Gasteiger partial charge in [-0.1, -0.05) is 25.3 Å². The highest BCUT2D eigenvalue weighted by Crippen LogP contribution is 2.32. The van der Waals surface area contributed by atoms with Crippen molar-refractivity contribution < 1.29 is 22.8 Å². The summed E-state index contributed by atoms with van der Waals surface area (Å²) in [5.74, 6) is -1.81. The number of carbonyl (C=O) groups is 2. The van der Waals surface area contributed by atoms with Gasteiger partial charge in [0, 0.05) is 30.7 Å². The van der Waals surface area contributed by atoms with Crippen LogP contribution in [0.3, 0.4) is 0 Å². The minimum atomic E-state index is -4.83. The van der Waals surface area contributed by atoms with Crippen molar-refractivity contribution in [3.8, 4) is 0 Å². The van der Waals surface area contributed by atoms with Gasteiger partial charge in [0.05, 0.1) is 5.69 Å². The van der Waals surface area contributed by atoms with Crippen LogP contribution in [0.2, 0.25) is 0 Å². The number of amides is 2. The Hall–Kier alpha value is -3.17. The first-order valence-electron chi connectivity index (χ1n) is 11.1. The quantitative estimate of drug-likeness (QED) is 0.685. The van der Waals surface area contributed by atoms with Crippen LogP contribution >= 0.6 is 0 Å². The second-order valence-electron chi connectivity index (χ2n) is 8.60. The van der Waals surface area contributed by atoms with E-state index in [1.807, 2.05) is 5.32 Å². The Balaban J connectivity index is 1.70. The van der Waals surface area contributed by atoms with E-state index in [0.29, 0.717) is 0 Å².